The summed E-state index contributed by atoms with van der Waals surface area (Å²) in [4.78, 5) is -1.62. The topological polar surface area (TPSA) is 0 Å². The van der Waals surface area contributed by atoms with Crippen molar-refractivity contribution >= 4 is 27.7 Å². The van der Waals surface area contributed by atoms with E-state index in [1.807, 2.05) is 0 Å². The molecule has 0 fully saturated rings. The van der Waals surface area contributed by atoms with Crippen molar-refractivity contribution in [2.24, 2.45) is 0 Å². The van der Waals surface area contributed by atoms with Crippen molar-refractivity contribution in [1.29, 1.82) is 0 Å². The largest absolute Gasteiger partial charge is 0.422 e. The number of thioether (sulfide) groups is 1. The third-order valence-corrected chi connectivity index (χ3v) is 3.22. The maximum atomic E-state index is 12.4. The van der Waals surface area contributed by atoms with E-state index in [0.717, 1.165) is 0 Å². The van der Waals surface area contributed by atoms with Gasteiger partial charge in [-0.25, -0.2) is 0 Å². The van der Waals surface area contributed by atoms with Crippen LogP contribution in [0.1, 0.15) is 0 Å². The fraction of sp³-hybridized carbons (Fsp3) is 0.200. The van der Waals surface area contributed by atoms with E-state index in [1.54, 1.807) is 0 Å². The summed E-state index contributed by atoms with van der Waals surface area (Å²) in [5.74, 6) is 0. The van der Waals surface area contributed by atoms with Gasteiger partial charge in [0.15, 0.2) is 0 Å². The van der Waals surface area contributed by atoms with Crippen molar-refractivity contribution in [2.45, 2.75) is 17.2 Å². The number of hydrogen-bond acceptors (Lipinski definition) is 1. The summed E-state index contributed by atoms with van der Waals surface area (Å²) >= 11 is 3.10. The second-order valence-corrected chi connectivity index (χ2v) is 5.13. The Bertz CT molecular complexity index is 431. The van der Waals surface area contributed by atoms with Gasteiger partial charge >= 0.3 is 12.4 Å². The van der Waals surface area contributed by atoms with Crippen molar-refractivity contribution in [3.63, 3.8) is 0 Å². The lowest BCUT2D eigenvalue weighted by Crippen LogP contribution is -2.14. The Morgan fingerprint density at radius 1 is 1.00 bits per heavy atom. The molecule has 0 aromatic heterocycles. The third-order valence-electron chi connectivity index (χ3n) is 1.62. The molecule has 0 amide bonds. The van der Waals surface area contributed by atoms with Gasteiger partial charge in [-0.1, -0.05) is 27.7 Å². The molecule has 0 N–H and O–H groups in total. The molecule has 8 heteroatoms. The van der Waals surface area contributed by atoms with Crippen LogP contribution >= 0.6 is 27.7 Å². The Kier molecular flexibility index (Phi) is 4.77. The molecule has 0 aliphatic carbocycles. The fourth-order valence-electron chi connectivity index (χ4n) is 0.947. The quantitative estimate of drug-likeness (QED) is 0.497. The Labute approximate surface area is 111 Å². The summed E-state index contributed by atoms with van der Waals surface area (Å²) in [5.41, 5.74) is 0. The van der Waals surface area contributed by atoms with Crippen LogP contribution in [0.4, 0.5) is 26.3 Å². The van der Waals surface area contributed by atoms with E-state index in [2.05, 4.69) is 15.9 Å². The number of hydrogen-bond donors (Lipinski definition) is 0. The van der Waals surface area contributed by atoms with Crippen molar-refractivity contribution in [2.75, 3.05) is 0 Å². The standard InChI is InChI=1S/C10H5BrF6S/c11-6-1-3-7(4-2-6)18-8(10(15,16)17)5-9(12,13)14/h1-5H/b8-5-. The molecule has 0 spiro atoms. The van der Waals surface area contributed by atoms with Gasteiger partial charge < -0.3 is 0 Å². The maximum Gasteiger partial charge on any atom is 0.422 e. The molecule has 0 atom stereocenters. The van der Waals surface area contributed by atoms with Gasteiger partial charge in [0, 0.05) is 15.4 Å². The molecule has 0 radical (unpaired) electrons. The average molecular weight is 351 g/mol. The number of alkyl halides is 6. The summed E-state index contributed by atoms with van der Waals surface area (Å²) < 4.78 is 73.9. The smallest absolute Gasteiger partial charge is 0.167 e. The first-order valence-electron chi connectivity index (χ1n) is 4.38. The predicted molar refractivity (Wildman–Crippen MR) is 60.2 cm³/mol. The van der Waals surface area contributed by atoms with Crippen LogP contribution < -0.4 is 0 Å². The van der Waals surface area contributed by atoms with E-state index in [0.29, 0.717) is 4.47 Å². The highest BCUT2D eigenvalue weighted by Crippen LogP contribution is 2.41. The molecule has 0 saturated carbocycles. The van der Waals surface area contributed by atoms with Crippen LogP contribution in [0.3, 0.4) is 0 Å². The zero-order chi connectivity index (χ0) is 14.0. The van der Waals surface area contributed by atoms with Crippen LogP contribution in [0.15, 0.2) is 44.6 Å². The minimum absolute atomic E-state index is 0.0265. The first kappa shape index (κ1) is 15.4. The SMILES string of the molecule is FC(F)(F)/C=C(\Sc1ccc(Br)cc1)C(F)(F)F. The number of benzene rings is 1. The Morgan fingerprint density at radius 2 is 1.50 bits per heavy atom. The van der Waals surface area contributed by atoms with Gasteiger partial charge in [-0.05, 0) is 24.3 Å². The summed E-state index contributed by atoms with van der Waals surface area (Å²) in [6.07, 6.45) is -10.8. The number of allylic oxidation sites excluding steroid dienone is 2. The van der Waals surface area contributed by atoms with Crippen LogP contribution in [-0.2, 0) is 0 Å². The van der Waals surface area contributed by atoms with E-state index in [9.17, 15) is 26.3 Å². The summed E-state index contributed by atoms with van der Waals surface area (Å²) in [6.45, 7) is 0. The molecule has 0 heterocycles. The molecular formula is C10H5BrF6S. The highest BCUT2D eigenvalue weighted by molar-refractivity contribution is 9.10. The molecular weight excluding hydrogens is 346 g/mol. The van der Waals surface area contributed by atoms with Gasteiger partial charge in [0.2, 0.25) is 0 Å². The summed E-state index contributed by atoms with van der Waals surface area (Å²) in [6, 6.07) is 5.49. The molecule has 1 aromatic carbocycles. The van der Waals surface area contributed by atoms with Crippen LogP contribution in [0.2, 0.25) is 0 Å². The summed E-state index contributed by atoms with van der Waals surface area (Å²) in [5, 5.41) is 0. The highest BCUT2D eigenvalue weighted by atomic mass is 79.9. The average Bonchev–Trinajstić information content (AvgIpc) is 2.17. The van der Waals surface area contributed by atoms with Gasteiger partial charge in [-0.3, -0.25) is 0 Å². The van der Waals surface area contributed by atoms with Crippen LogP contribution in [0.25, 0.3) is 0 Å². The lowest BCUT2D eigenvalue weighted by atomic mass is 10.4. The second-order valence-electron chi connectivity index (χ2n) is 3.10. The zero-order valence-corrected chi connectivity index (χ0v) is 10.8. The van der Waals surface area contributed by atoms with Crippen LogP contribution in [0, 0.1) is 0 Å². The van der Waals surface area contributed by atoms with E-state index in [4.69, 9.17) is 0 Å². The summed E-state index contributed by atoms with van der Waals surface area (Å²) in [7, 11) is 0. The lowest BCUT2D eigenvalue weighted by Gasteiger charge is -2.12. The lowest BCUT2D eigenvalue weighted by molar-refractivity contribution is -0.101. The van der Waals surface area contributed by atoms with E-state index in [-0.39, 0.29) is 16.7 Å². The molecule has 1 aromatic rings. The predicted octanol–water partition coefficient (Wildman–Crippen LogP) is 5.55. The van der Waals surface area contributed by atoms with E-state index >= 15 is 0 Å². The first-order valence-corrected chi connectivity index (χ1v) is 5.99. The minimum atomic E-state index is -5.03. The van der Waals surface area contributed by atoms with Crippen molar-refractivity contribution in [1.82, 2.24) is 0 Å². The van der Waals surface area contributed by atoms with E-state index < -0.39 is 23.3 Å². The van der Waals surface area contributed by atoms with Gasteiger partial charge in [0.05, 0.1) is 4.91 Å². The first-order chi connectivity index (χ1) is 8.08. The molecule has 100 valence electrons. The van der Waals surface area contributed by atoms with Gasteiger partial charge in [-0.2, -0.15) is 26.3 Å². The van der Waals surface area contributed by atoms with Crippen molar-refractivity contribution in [3.05, 3.63) is 39.7 Å². The van der Waals surface area contributed by atoms with Gasteiger partial charge in [0.1, 0.15) is 0 Å². The number of rotatable bonds is 2. The van der Waals surface area contributed by atoms with Crippen LogP contribution in [0.5, 0.6) is 0 Å². The van der Waals surface area contributed by atoms with Crippen molar-refractivity contribution < 1.29 is 26.3 Å². The zero-order valence-electron chi connectivity index (χ0n) is 8.44. The molecule has 1 rings (SSSR count). The molecule has 0 nitrogen and oxygen atoms in total. The molecule has 0 saturated heterocycles. The van der Waals surface area contributed by atoms with E-state index in [1.165, 1.54) is 24.3 Å². The molecule has 0 bridgehead atoms. The Balaban J connectivity index is 3.00. The molecule has 0 aliphatic rings. The van der Waals surface area contributed by atoms with Crippen LogP contribution in [-0.4, -0.2) is 12.4 Å². The monoisotopic (exact) mass is 350 g/mol. The highest BCUT2D eigenvalue weighted by Gasteiger charge is 2.39. The third kappa shape index (κ3) is 5.34. The second kappa shape index (κ2) is 5.56. The maximum absolute atomic E-state index is 12.4. The normalized spacial score (nSPS) is 13.8. The van der Waals surface area contributed by atoms with Crippen molar-refractivity contribution in [3.8, 4) is 0 Å². The molecule has 0 aliphatic heterocycles. The van der Waals surface area contributed by atoms with Gasteiger partial charge in [0.25, 0.3) is 0 Å². The van der Waals surface area contributed by atoms with Gasteiger partial charge in [-0.15, -0.1) is 0 Å². The fourth-order valence-corrected chi connectivity index (χ4v) is 2.05. The minimum Gasteiger partial charge on any atom is -0.167 e. The Morgan fingerprint density at radius 3 is 1.89 bits per heavy atom. The number of halogens is 7. The Hall–Kier alpha value is -0.630. The molecule has 18 heavy (non-hydrogen) atoms. The molecule has 0 unspecified atom stereocenters.